The zero-order chi connectivity index (χ0) is 7.23. The summed E-state index contributed by atoms with van der Waals surface area (Å²) in [6.07, 6.45) is 0. The summed E-state index contributed by atoms with van der Waals surface area (Å²) in [5, 5.41) is 0. The molecule has 2 heteroatoms. The Balaban J connectivity index is 2.43. The molecule has 1 radical (unpaired) electrons. The van der Waals surface area contributed by atoms with Crippen molar-refractivity contribution in [2.75, 3.05) is 4.65 Å². The standard InChI is InChI=1S/C8H9SSe/c10-7-9-6-8-4-2-1-3-5-8/h1-5H,6-7H2. The van der Waals surface area contributed by atoms with Crippen LogP contribution in [0.2, 0.25) is 0 Å². The van der Waals surface area contributed by atoms with Crippen LogP contribution in [0.15, 0.2) is 30.3 Å². The summed E-state index contributed by atoms with van der Waals surface area (Å²) in [6.45, 7) is 0. The average molecular weight is 216 g/mol. The predicted molar refractivity (Wildman–Crippen MR) is 48.4 cm³/mol. The second kappa shape index (κ2) is 4.84. The van der Waals surface area contributed by atoms with E-state index in [1.54, 1.807) is 0 Å². The van der Waals surface area contributed by atoms with Gasteiger partial charge in [0.05, 0.1) is 0 Å². The summed E-state index contributed by atoms with van der Waals surface area (Å²) < 4.78 is 1.08. The van der Waals surface area contributed by atoms with Crippen molar-refractivity contribution in [2.24, 2.45) is 0 Å². The van der Waals surface area contributed by atoms with Crippen LogP contribution >= 0.6 is 11.8 Å². The molecule has 0 nitrogen and oxygen atoms in total. The van der Waals surface area contributed by atoms with Crippen LogP contribution in [0.3, 0.4) is 0 Å². The van der Waals surface area contributed by atoms with Gasteiger partial charge in [-0.15, -0.1) is 0 Å². The van der Waals surface area contributed by atoms with Gasteiger partial charge < -0.3 is 0 Å². The van der Waals surface area contributed by atoms with E-state index in [0.29, 0.717) is 0 Å². The van der Waals surface area contributed by atoms with Gasteiger partial charge in [0.2, 0.25) is 0 Å². The molecule has 0 saturated carbocycles. The fraction of sp³-hybridized carbons (Fsp3) is 0.250. The van der Waals surface area contributed by atoms with E-state index in [1.807, 2.05) is 17.8 Å². The molecule has 0 amide bonds. The first kappa shape index (κ1) is 8.19. The molecule has 1 aromatic carbocycles. The normalized spacial score (nSPS) is 9.70. The van der Waals surface area contributed by atoms with Gasteiger partial charge in [0.15, 0.2) is 0 Å². The average Bonchev–Trinajstić information content (AvgIpc) is 2.03. The molecule has 0 N–H and O–H groups in total. The van der Waals surface area contributed by atoms with Crippen molar-refractivity contribution in [1.29, 1.82) is 0 Å². The summed E-state index contributed by atoms with van der Waals surface area (Å²) in [5.74, 6) is 1.12. The molecule has 0 fully saturated rings. The van der Waals surface area contributed by atoms with Crippen molar-refractivity contribution < 1.29 is 0 Å². The van der Waals surface area contributed by atoms with Gasteiger partial charge in [-0.1, -0.05) is 0 Å². The quantitative estimate of drug-likeness (QED) is 0.697. The summed E-state index contributed by atoms with van der Waals surface area (Å²) in [6, 6.07) is 10.5. The molecular weight excluding hydrogens is 207 g/mol. The maximum absolute atomic E-state index is 2.98. The number of rotatable bonds is 3. The Morgan fingerprint density at radius 3 is 2.50 bits per heavy atom. The van der Waals surface area contributed by atoms with Crippen LogP contribution in [0.4, 0.5) is 0 Å². The number of benzene rings is 1. The maximum atomic E-state index is 2.98. The van der Waals surface area contributed by atoms with E-state index in [0.717, 1.165) is 10.4 Å². The Morgan fingerprint density at radius 2 is 1.90 bits per heavy atom. The van der Waals surface area contributed by atoms with E-state index in [2.05, 4.69) is 40.3 Å². The van der Waals surface area contributed by atoms with Gasteiger partial charge in [0.1, 0.15) is 0 Å². The molecule has 0 spiro atoms. The molecule has 0 aromatic heterocycles. The minimum atomic E-state index is 1.08. The van der Waals surface area contributed by atoms with Crippen LogP contribution in [0.1, 0.15) is 5.56 Å². The van der Waals surface area contributed by atoms with Crippen LogP contribution in [-0.4, -0.2) is 20.7 Å². The molecule has 0 bridgehead atoms. The SMILES string of the molecule is [Se]CSCc1ccccc1. The molecule has 0 aliphatic heterocycles. The van der Waals surface area contributed by atoms with Crippen molar-refractivity contribution in [1.82, 2.24) is 0 Å². The molecule has 0 saturated heterocycles. The zero-order valence-electron chi connectivity index (χ0n) is 5.62. The van der Waals surface area contributed by atoms with Crippen molar-refractivity contribution in [3.05, 3.63) is 35.9 Å². The first-order chi connectivity index (χ1) is 4.93. The topological polar surface area (TPSA) is 0 Å². The number of hydrogen-bond donors (Lipinski definition) is 0. The monoisotopic (exact) mass is 217 g/mol. The van der Waals surface area contributed by atoms with Crippen molar-refractivity contribution in [3.8, 4) is 0 Å². The van der Waals surface area contributed by atoms with Crippen molar-refractivity contribution in [2.45, 2.75) is 5.75 Å². The van der Waals surface area contributed by atoms with Gasteiger partial charge in [-0.05, 0) is 0 Å². The van der Waals surface area contributed by atoms with Crippen LogP contribution in [0.5, 0.6) is 0 Å². The van der Waals surface area contributed by atoms with E-state index in [1.165, 1.54) is 5.56 Å². The van der Waals surface area contributed by atoms with Gasteiger partial charge in [-0.25, -0.2) is 0 Å². The van der Waals surface area contributed by atoms with E-state index in [4.69, 9.17) is 0 Å². The Morgan fingerprint density at radius 1 is 1.20 bits per heavy atom. The molecule has 0 aliphatic carbocycles. The molecule has 0 unspecified atom stereocenters. The third-order valence-corrected chi connectivity index (χ3v) is 2.95. The molecule has 0 aliphatic rings. The summed E-state index contributed by atoms with van der Waals surface area (Å²) >= 11 is 4.88. The third kappa shape index (κ3) is 2.78. The minimum absolute atomic E-state index is 1.08. The molecule has 0 heterocycles. The zero-order valence-corrected chi connectivity index (χ0v) is 8.15. The first-order valence-corrected chi connectivity index (χ1v) is 5.50. The second-order valence-electron chi connectivity index (χ2n) is 1.95. The molecule has 53 valence electrons. The van der Waals surface area contributed by atoms with E-state index < -0.39 is 0 Å². The molecule has 1 aromatic rings. The number of hydrogen-bond acceptors (Lipinski definition) is 1. The fourth-order valence-electron chi connectivity index (χ4n) is 0.734. The van der Waals surface area contributed by atoms with Gasteiger partial charge in [0, 0.05) is 0 Å². The van der Waals surface area contributed by atoms with Gasteiger partial charge in [-0.2, -0.15) is 0 Å². The van der Waals surface area contributed by atoms with Crippen LogP contribution in [0.25, 0.3) is 0 Å². The van der Waals surface area contributed by atoms with Crippen LogP contribution in [0, 0.1) is 0 Å². The van der Waals surface area contributed by atoms with Crippen LogP contribution in [-0.2, 0) is 5.75 Å². The predicted octanol–water partition coefficient (Wildman–Crippen LogP) is 2.05. The Bertz CT molecular complexity index is 174. The Kier molecular flexibility index (Phi) is 3.96. The van der Waals surface area contributed by atoms with Gasteiger partial charge in [0.25, 0.3) is 0 Å². The van der Waals surface area contributed by atoms with Crippen molar-refractivity contribution >= 4 is 27.8 Å². The van der Waals surface area contributed by atoms with Crippen LogP contribution < -0.4 is 0 Å². The van der Waals surface area contributed by atoms with E-state index in [-0.39, 0.29) is 0 Å². The molecule has 10 heavy (non-hydrogen) atoms. The fourth-order valence-corrected chi connectivity index (χ4v) is 1.77. The molecule has 0 atom stereocenters. The third-order valence-electron chi connectivity index (χ3n) is 1.19. The Labute approximate surface area is 74.2 Å². The first-order valence-electron chi connectivity index (χ1n) is 3.13. The number of thioether (sulfide) groups is 1. The molecular formula is C8H9SSe. The Hall–Kier alpha value is 0.0895. The van der Waals surface area contributed by atoms with E-state index in [9.17, 15) is 0 Å². The second-order valence-corrected chi connectivity index (χ2v) is 4.37. The van der Waals surface area contributed by atoms with Gasteiger partial charge >= 0.3 is 74.1 Å². The van der Waals surface area contributed by atoms with Gasteiger partial charge in [-0.3, -0.25) is 0 Å². The van der Waals surface area contributed by atoms with Crippen molar-refractivity contribution in [3.63, 3.8) is 0 Å². The molecule has 1 rings (SSSR count). The summed E-state index contributed by atoms with van der Waals surface area (Å²) in [7, 11) is 0. The summed E-state index contributed by atoms with van der Waals surface area (Å²) in [4.78, 5) is 0. The summed E-state index contributed by atoms with van der Waals surface area (Å²) in [5.41, 5.74) is 1.41. The van der Waals surface area contributed by atoms with E-state index >= 15 is 0 Å².